The van der Waals surface area contributed by atoms with E-state index in [-0.39, 0.29) is 6.47 Å². The zero-order chi connectivity index (χ0) is 10.4. The number of hydrogen-bond donors (Lipinski definition) is 1. The fraction of sp³-hybridized carbons (Fsp3) is 0. The van der Waals surface area contributed by atoms with Crippen molar-refractivity contribution in [2.75, 3.05) is 5.73 Å². The largest absolute Gasteiger partial charge is 0.399 e. The van der Waals surface area contributed by atoms with E-state index in [1.54, 1.807) is 24.3 Å². The Balaban J connectivity index is 2.64. The number of esters is 1. The van der Waals surface area contributed by atoms with Crippen molar-refractivity contribution in [3.05, 3.63) is 35.9 Å². The Labute approximate surface area is 81.0 Å². The van der Waals surface area contributed by atoms with Gasteiger partial charge in [0.2, 0.25) is 0 Å². The second-order valence-corrected chi connectivity index (χ2v) is 2.53. The number of carbonyl (C=O) groups excluding carboxylic acids is 2. The zero-order valence-electron chi connectivity index (χ0n) is 7.34. The quantitative estimate of drug-likeness (QED) is 0.254. The highest BCUT2D eigenvalue weighted by Crippen LogP contribution is 2.06. The second kappa shape index (κ2) is 4.81. The smallest absolute Gasteiger partial charge is 0.338 e. The summed E-state index contributed by atoms with van der Waals surface area (Å²) < 4.78 is 4.06. The van der Waals surface area contributed by atoms with Crippen LogP contribution in [0.5, 0.6) is 0 Å². The van der Waals surface area contributed by atoms with Crippen molar-refractivity contribution in [2.45, 2.75) is 0 Å². The SMILES string of the molecule is Nc1ccc(/C=C/C(=O)OC=O)cc1. The van der Waals surface area contributed by atoms with E-state index in [9.17, 15) is 9.59 Å². The maximum Gasteiger partial charge on any atom is 0.338 e. The maximum atomic E-state index is 10.7. The first-order valence-corrected chi connectivity index (χ1v) is 3.90. The Bertz CT molecular complexity index is 354. The summed E-state index contributed by atoms with van der Waals surface area (Å²) in [7, 11) is 0. The first kappa shape index (κ1) is 9.98. The van der Waals surface area contributed by atoms with Crippen molar-refractivity contribution in [2.24, 2.45) is 0 Å². The summed E-state index contributed by atoms with van der Waals surface area (Å²) in [6, 6.07) is 6.93. The predicted molar refractivity (Wildman–Crippen MR) is 52.0 cm³/mol. The molecule has 0 saturated carbocycles. The van der Waals surface area contributed by atoms with E-state index < -0.39 is 5.97 Å². The van der Waals surface area contributed by atoms with Crippen molar-refractivity contribution in [1.29, 1.82) is 0 Å². The average molecular weight is 191 g/mol. The fourth-order valence-electron chi connectivity index (χ4n) is 0.858. The Hall–Kier alpha value is -2.10. The third-order valence-electron chi connectivity index (χ3n) is 1.51. The fourth-order valence-corrected chi connectivity index (χ4v) is 0.858. The lowest BCUT2D eigenvalue weighted by Crippen LogP contribution is -1.96. The van der Waals surface area contributed by atoms with Gasteiger partial charge in [0.1, 0.15) is 0 Å². The molecule has 72 valence electrons. The van der Waals surface area contributed by atoms with E-state index in [1.165, 1.54) is 12.2 Å². The first-order valence-electron chi connectivity index (χ1n) is 3.90. The molecule has 0 saturated heterocycles. The van der Waals surface area contributed by atoms with Gasteiger partial charge in [0, 0.05) is 11.8 Å². The monoisotopic (exact) mass is 191 g/mol. The van der Waals surface area contributed by atoms with Crippen LogP contribution < -0.4 is 5.73 Å². The van der Waals surface area contributed by atoms with Gasteiger partial charge in [-0.05, 0) is 23.8 Å². The highest BCUT2D eigenvalue weighted by molar-refractivity contribution is 5.90. The van der Waals surface area contributed by atoms with E-state index >= 15 is 0 Å². The molecular weight excluding hydrogens is 182 g/mol. The van der Waals surface area contributed by atoms with E-state index in [0.29, 0.717) is 5.69 Å². The molecular formula is C10H9NO3. The third-order valence-corrected chi connectivity index (χ3v) is 1.51. The number of ether oxygens (including phenoxy) is 1. The summed E-state index contributed by atoms with van der Waals surface area (Å²) in [5.74, 6) is -0.697. The van der Waals surface area contributed by atoms with Crippen LogP contribution in [0.4, 0.5) is 5.69 Å². The Morgan fingerprint density at radius 2 is 1.93 bits per heavy atom. The van der Waals surface area contributed by atoms with Crippen LogP contribution in [0, 0.1) is 0 Å². The van der Waals surface area contributed by atoms with E-state index in [0.717, 1.165) is 5.56 Å². The molecule has 0 aliphatic heterocycles. The summed E-state index contributed by atoms with van der Waals surface area (Å²) in [6.07, 6.45) is 2.70. The lowest BCUT2D eigenvalue weighted by molar-refractivity contribution is -0.147. The molecule has 0 aliphatic rings. The maximum absolute atomic E-state index is 10.7. The number of benzene rings is 1. The van der Waals surface area contributed by atoms with Gasteiger partial charge in [-0.25, -0.2) is 4.79 Å². The van der Waals surface area contributed by atoms with E-state index in [2.05, 4.69) is 4.74 Å². The van der Waals surface area contributed by atoms with Crippen molar-refractivity contribution >= 4 is 24.2 Å². The predicted octanol–water partition coefficient (Wildman–Crippen LogP) is 0.982. The molecule has 14 heavy (non-hydrogen) atoms. The molecule has 2 N–H and O–H groups in total. The first-order chi connectivity index (χ1) is 6.72. The van der Waals surface area contributed by atoms with Gasteiger partial charge in [0.05, 0.1) is 0 Å². The number of hydrogen-bond acceptors (Lipinski definition) is 4. The van der Waals surface area contributed by atoms with Crippen LogP contribution >= 0.6 is 0 Å². The Morgan fingerprint density at radius 3 is 2.50 bits per heavy atom. The molecule has 0 fully saturated rings. The minimum Gasteiger partial charge on any atom is -0.399 e. The number of carbonyl (C=O) groups is 2. The van der Waals surface area contributed by atoms with Gasteiger partial charge in [0.25, 0.3) is 0 Å². The van der Waals surface area contributed by atoms with Crippen molar-refractivity contribution in [3.63, 3.8) is 0 Å². The molecule has 0 heterocycles. The summed E-state index contributed by atoms with van der Waals surface area (Å²) in [5.41, 5.74) is 6.93. The highest BCUT2D eigenvalue weighted by Gasteiger charge is 1.93. The number of anilines is 1. The molecule has 0 spiro atoms. The highest BCUT2D eigenvalue weighted by atomic mass is 16.6. The summed E-state index contributed by atoms with van der Waals surface area (Å²) >= 11 is 0. The van der Waals surface area contributed by atoms with Crippen molar-refractivity contribution < 1.29 is 14.3 Å². The van der Waals surface area contributed by atoms with Gasteiger partial charge < -0.3 is 10.5 Å². The molecule has 0 bridgehead atoms. The summed E-state index contributed by atoms with van der Waals surface area (Å²) in [4.78, 5) is 20.5. The Morgan fingerprint density at radius 1 is 1.29 bits per heavy atom. The van der Waals surface area contributed by atoms with Crippen LogP contribution in [0.2, 0.25) is 0 Å². The number of rotatable bonds is 3. The minimum atomic E-state index is -0.697. The minimum absolute atomic E-state index is 0.0929. The molecule has 1 aromatic rings. The van der Waals surface area contributed by atoms with Crippen molar-refractivity contribution in [3.8, 4) is 0 Å². The van der Waals surface area contributed by atoms with Crippen LogP contribution in [0.1, 0.15) is 5.56 Å². The van der Waals surface area contributed by atoms with Crippen molar-refractivity contribution in [1.82, 2.24) is 0 Å². The van der Waals surface area contributed by atoms with Gasteiger partial charge >= 0.3 is 12.4 Å². The van der Waals surface area contributed by atoms with Crippen LogP contribution in [-0.4, -0.2) is 12.4 Å². The normalized spacial score (nSPS) is 10.0. The van der Waals surface area contributed by atoms with Gasteiger partial charge in [-0.2, -0.15) is 0 Å². The molecule has 1 aromatic carbocycles. The molecule has 0 radical (unpaired) electrons. The van der Waals surface area contributed by atoms with E-state index in [4.69, 9.17) is 5.73 Å². The summed E-state index contributed by atoms with van der Waals surface area (Å²) in [6.45, 7) is 0.0929. The standard InChI is InChI=1S/C10H9NO3/c11-9-4-1-8(2-5-9)3-6-10(13)14-7-12/h1-7H,11H2/b6-3+. The molecule has 0 atom stereocenters. The van der Waals surface area contributed by atoms with Gasteiger partial charge in [0.15, 0.2) is 0 Å². The lowest BCUT2D eigenvalue weighted by Gasteiger charge is -1.93. The molecule has 0 aliphatic carbocycles. The number of nitrogens with two attached hydrogens (primary N) is 1. The molecule has 4 heteroatoms. The van der Waals surface area contributed by atoms with Gasteiger partial charge in [-0.15, -0.1) is 0 Å². The molecule has 0 unspecified atom stereocenters. The average Bonchev–Trinajstić information content (AvgIpc) is 2.17. The third kappa shape index (κ3) is 3.10. The van der Waals surface area contributed by atoms with Crippen LogP contribution in [-0.2, 0) is 14.3 Å². The summed E-state index contributed by atoms with van der Waals surface area (Å²) in [5, 5.41) is 0. The van der Waals surface area contributed by atoms with E-state index in [1.807, 2.05) is 0 Å². The van der Waals surface area contributed by atoms with Gasteiger partial charge in [-0.3, -0.25) is 4.79 Å². The second-order valence-electron chi connectivity index (χ2n) is 2.53. The molecule has 0 amide bonds. The van der Waals surface area contributed by atoms with Gasteiger partial charge in [-0.1, -0.05) is 12.1 Å². The van der Waals surface area contributed by atoms with Crippen LogP contribution in [0.15, 0.2) is 30.3 Å². The van der Waals surface area contributed by atoms with Crippen LogP contribution in [0.3, 0.4) is 0 Å². The molecule has 4 nitrogen and oxygen atoms in total. The Kier molecular flexibility index (Phi) is 3.43. The zero-order valence-corrected chi connectivity index (χ0v) is 7.34. The topological polar surface area (TPSA) is 69.4 Å². The molecule has 1 rings (SSSR count). The lowest BCUT2D eigenvalue weighted by atomic mass is 10.2. The number of nitrogen functional groups attached to an aromatic ring is 1. The van der Waals surface area contributed by atoms with Crippen LogP contribution in [0.25, 0.3) is 6.08 Å². The molecule has 0 aromatic heterocycles.